The van der Waals surface area contributed by atoms with Crippen LogP contribution in [0, 0.1) is 5.82 Å². The molecule has 0 saturated carbocycles. The van der Waals surface area contributed by atoms with Crippen molar-refractivity contribution in [2.75, 3.05) is 43.0 Å². The molecule has 0 spiro atoms. The number of ether oxygens (including phenoxy) is 2. The number of likely N-dealkylation sites (N-methyl/N-ethyl adjacent to an activating group) is 1. The Balaban J connectivity index is 1.19. The number of sulfonamides is 1. The highest BCUT2D eigenvalue weighted by Gasteiger charge is 2.20. The Bertz CT molecular complexity index is 1310. The number of anilines is 2. The van der Waals surface area contributed by atoms with Crippen LogP contribution in [-0.2, 0) is 32.6 Å². The van der Waals surface area contributed by atoms with Crippen LogP contribution in [0.2, 0.25) is 0 Å². The van der Waals surface area contributed by atoms with Crippen LogP contribution in [0.5, 0.6) is 5.75 Å². The molecule has 0 atom stereocenters. The molecule has 0 aliphatic carbocycles. The van der Waals surface area contributed by atoms with Crippen molar-refractivity contribution in [2.45, 2.75) is 24.3 Å². The fourth-order valence-corrected chi connectivity index (χ4v) is 4.95. The summed E-state index contributed by atoms with van der Waals surface area (Å²) in [6, 6.07) is 18.0. The van der Waals surface area contributed by atoms with Crippen LogP contribution in [0.1, 0.15) is 17.5 Å². The molecule has 0 radical (unpaired) electrons. The first-order chi connectivity index (χ1) is 17.8. The zero-order chi connectivity index (χ0) is 26.3. The first-order valence-electron chi connectivity index (χ1n) is 12.0. The van der Waals surface area contributed by atoms with Crippen molar-refractivity contribution in [2.24, 2.45) is 0 Å². The van der Waals surface area contributed by atoms with Gasteiger partial charge in [-0.3, -0.25) is 9.52 Å². The van der Waals surface area contributed by atoms with E-state index >= 15 is 0 Å². The van der Waals surface area contributed by atoms with Gasteiger partial charge in [-0.2, -0.15) is 0 Å². The molecule has 0 fully saturated rings. The maximum atomic E-state index is 12.9. The van der Waals surface area contributed by atoms with Gasteiger partial charge in [0.1, 0.15) is 24.8 Å². The fourth-order valence-electron chi connectivity index (χ4n) is 3.87. The van der Waals surface area contributed by atoms with E-state index < -0.39 is 10.0 Å². The minimum Gasteiger partial charge on any atom is -0.490 e. The number of nitrogens with zero attached hydrogens (tertiary/aromatic N) is 1. The zero-order valence-corrected chi connectivity index (χ0v) is 21.4. The van der Waals surface area contributed by atoms with Crippen molar-refractivity contribution in [3.63, 3.8) is 0 Å². The molecule has 0 aromatic heterocycles. The van der Waals surface area contributed by atoms with Gasteiger partial charge in [-0.1, -0.05) is 24.3 Å². The smallest absolute Gasteiger partial charge is 0.262 e. The molecule has 10 heteroatoms. The molecule has 8 nitrogen and oxygen atoms in total. The standard InChI is InChI=1S/C27H30FN3O5S/c1-31-15-16-36-26-17-24(12-13-25(26)31)37(33,34)30-23-10-6-20(7-11-23)3-2-14-29-27(32)19-35-18-21-4-8-22(28)9-5-21/h4-13,17,30H,2-3,14-16,18-19H2,1H3,(H,29,32). The lowest BCUT2D eigenvalue weighted by atomic mass is 10.1. The lowest BCUT2D eigenvalue weighted by Gasteiger charge is -2.27. The highest BCUT2D eigenvalue weighted by molar-refractivity contribution is 7.92. The SMILES string of the molecule is CN1CCOc2cc(S(=O)(=O)Nc3ccc(CCCNC(=O)COCc4ccc(F)cc4)cc3)ccc21. The predicted molar refractivity (Wildman–Crippen MR) is 140 cm³/mol. The summed E-state index contributed by atoms with van der Waals surface area (Å²) in [6.07, 6.45) is 1.44. The van der Waals surface area contributed by atoms with E-state index in [4.69, 9.17) is 9.47 Å². The van der Waals surface area contributed by atoms with E-state index in [0.29, 0.717) is 24.6 Å². The van der Waals surface area contributed by atoms with Gasteiger partial charge in [0.2, 0.25) is 5.91 Å². The Labute approximate surface area is 216 Å². The van der Waals surface area contributed by atoms with Gasteiger partial charge in [0, 0.05) is 25.3 Å². The fraction of sp³-hybridized carbons (Fsp3) is 0.296. The number of nitrogens with one attached hydrogen (secondary N) is 2. The van der Waals surface area contributed by atoms with Gasteiger partial charge in [-0.25, -0.2) is 12.8 Å². The minimum atomic E-state index is -3.76. The minimum absolute atomic E-state index is 0.0702. The van der Waals surface area contributed by atoms with E-state index in [1.54, 1.807) is 42.5 Å². The Hall–Kier alpha value is -3.63. The molecular weight excluding hydrogens is 497 g/mol. The third-order valence-electron chi connectivity index (χ3n) is 5.92. The number of carbonyl (C=O) groups excluding carboxylic acids is 1. The van der Waals surface area contributed by atoms with Crippen LogP contribution in [0.3, 0.4) is 0 Å². The number of carbonyl (C=O) groups is 1. The van der Waals surface area contributed by atoms with Crippen LogP contribution >= 0.6 is 0 Å². The van der Waals surface area contributed by atoms with Crippen molar-refractivity contribution in [1.29, 1.82) is 0 Å². The van der Waals surface area contributed by atoms with E-state index in [1.165, 1.54) is 12.1 Å². The second-order valence-electron chi connectivity index (χ2n) is 8.77. The first-order valence-corrected chi connectivity index (χ1v) is 13.5. The van der Waals surface area contributed by atoms with Crippen molar-refractivity contribution in [1.82, 2.24) is 5.32 Å². The molecular formula is C27H30FN3O5S. The molecule has 1 aliphatic rings. The highest BCUT2D eigenvalue weighted by atomic mass is 32.2. The van der Waals surface area contributed by atoms with Gasteiger partial charge in [-0.15, -0.1) is 0 Å². The average molecular weight is 528 g/mol. The molecule has 3 aromatic rings. The molecule has 196 valence electrons. The third kappa shape index (κ3) is 7.43. The number of amides is 1. The summed E-state index contributed by atoms with van der Waals surface area (Å²) in [6.45, 7) is 1.92. The Morgan fingerprint density at radius 1 is 1.05 bits per heavy atom. The largest absolute Gasteiger partial charge is 0.490 e. The molecule has 1 heterocycles. The van der Waals surface area contributed by atoms with Crippen LogP contribution in [-0.4, -0.2) is 47.7 Å². The molecule has 0 bridgehead atoms. The van der Waals surface area contributed by atoms with Crippen LogP contribution < -0.4 is 19.7 Å². The van der Waals surface area contributed by atoms with E-state index in [0.717, 1.165) is 36.2 Å². The van der Waals surface area contributed by atoms with Crippen LogP contribution in [0.25, 0.3) is 0 Å². The first kappa shape index (κ1) is 26.4. The van der Waals surface area contributed by atoms with Crippen molar-refractivity contribution in [3.8, 4) is 5.75 Å². The Morgan fingerprint density at radius 2 is 1.78 bits per heavy atom. The number of benzene rings is 3. The third-order valence-corrected chi connectivity index (χ3v) is 7.30. The van der Waals surface area contributed by atoms with Gasteiger partial charge in [0.05, 0.1) is 23.7 Å². The molecule has 37 heavy (non-hydrogen) atoms. The van der Waals surface area contributed by atoms with E-state index in [1.807, 2.05) is 24.1 Å². The quantitative estimate of drug-likeness (QED) is 0.369. The lowest BCUT2D eigenvalue weighted by Crippen LogP contribution is -2.29. The van der Waals surface area contributed by atoms with Crippen molar-refractivity contribution >= 4 is 27.3 Å². The van der Waals surface area contributed by atoms with E-state index in [9.17, 15) is 17.6 Å². The normalized spacial score (nSPS) is 13.0. The Kier molecular flexibility index (Phi) is 8.62. The van der Waals surface area contributed by atoms with Gasteiger partial charge in [-0.05, 0) is 60.4 Å². The monoisotopic (exact) mass is 527 g/mol. The number of aryl methyl sites for hydroxylation is 1. The summed E-state index contributed by atoms with van der Waals surface area (Å²) in [4.78, 5) is 14.1. The van der Waals surface area contributed by atoms with Gasteiger partial charge in [0.15, 0.2) is 0 Å². The molecule has 0 saturated heterocycles. The van der Waals surface area contributed by atoms with Gasteiger partial charge in [0.25, 0.3) is 10.0 Å². The number of hydrogen-bond acceptors (Lipinski definition) is 6. The van der Waals surface area contributed by atoms with Crippen LogP contribution in [0.15, 0.2) is 71.6 Å². The molecule has 3 aromatic carbocycles. The number of hydrogen-bond donors (Lipinski definition) is 2. The van der Waals surface area contributed by atoms with E-state index in [-0.39, 0.29) is 29.8 Å². The number of fused-ring (bicyclic) bond motifs is 1. The average Bonchev–Trinajstić information content (AvgIpc) is 2.88. The summed E-state index contributed by atoms with van der Waals surface area (Å²) in [7, 11) is -1.82. The van der Waals surface area contributed by atoms with Crippen molar-refractivity contribution < 1.29 is 27.1 Å². The van der Waals surface area contributed by atoms with E-state index in [2.05, 4.69) is 10.0 Å². The molecule has 2 N–H and O–H groups in total. The van der Waals surface area contributed by atoms with Gasteiger partial charge < -0.3 is 19.7 Å². The molecule has 4 rings (SSSR count). The summed E-state index contributed by atoms with van der Waals surface area (Å²) < 4.78 is 52.2. The number of halogens is 1. The summed E-state index contributed by atoms with van der Waals surface area (Å²) in [5, 5.41) is 2.80. The maximum absolute atomic E-state index is 12.9. The summed E-state index contributed by atoms with van der Waals surface area (Å²) in [5.74, 6) is 0.0241. The topological polar surface area (TPSA) is 97.0 Å². The highest BCUT2D eigenvalue weighted by Crippen LogP contribution is 2.33. The molecule has 0 unspecified atom stereocenters. The van der Waals surface area contributed by atoms with Gasteiger partial charge >= 0.3 is 0 Å². The summed E-state index contributed by atoms with van der Waals surface area (Å²) >= 11 is 0. The second kappa shape index (κ2) is 12.1. The second-order valence-corrected chi connectivity index (χ2v) is 10.5. The van der Waals surface area contributed by atoms with Crippen molar-refractivity contribution in [3.05, 3.63) is 83.7 Å². The maximum Gasteiger partial charge on any atom is 0.262 e. The number of rotatable bonds is 11. The summed E-state index contributed by atoms with van der Waals surface area (Å²) in [5.41, 5.74) is 3.15. The zero-order valence-electron chi connectivity index (χ0n) is 20.6. The van der Waals surface area contributed by atoms with Crippen LogP contribution in [0.4, 0.5) is 15.8 Å². The lowest BCUT2D eigenvalue weighted by molar-refractivity contribution is -0.126. The molecule has 1 aliphatic heterocycles. The predicted octanol–water partition coefficient (Wildman–Crippen LogP) is 3.72. The molecule has 1 amide bonds. The Morgan fingerprint density at radius 3 is 2.54 bits per heavy atom.